The van der Waals surface area contributed by atoms with Crippen LogP contribution in [-0.4, -0.2) is 29.1 Å². The van der Waals surface area contributed by atoms with Gasteiger partial charge in [0.05, 0.1) is 19.8 Å². The Morgan fingerprint density at radius 1 is 0.968 bits per heavy atom. The largest absolute Gasteiger partial charge is 0.508 e. The van der Waals surface area contributed by atoms with E-state index in [9.17, 15) is 9.90 Å². The average molecular weight is 420 g/mol. The predicted molar refractivity (Wildman–Crippen MR) is 121 cm³/mol. The molecule has 0 bridgehead atoms. The Labute approximate surface area is 183 Å². The smallest absolute Gasteiger partial charge is 0.252 e. The van der Waals surface area contributed by atoms with E-state index in [4.69, 9.17) is 9.47 Å². The number of aromatic hydroxyl groups is 1. The number of carbonyl (C=O) groups is 1. The molecular weight excluding hydrogens is 390 g/mol. The molecule has 162 valence electrons. The van der Waals surface area contributed by atoms with Crippen molar-refractivity contribution in [1.29, 1.82) is 0 Å². The van der Waals surface area contributed by atoms with Gasteiger partial charge in [-0.3, -0.25) is 4.79 Å². The third-order valence-electron chi connectivity index (χ3n) is 5.35. The first-order chi connectivity index (χ1) is 15.0. The van der Waals surface area contributed by atoms with Crippen LogP contribution in [0.25, 0.3) is 0 Å². The number of nitrogens with zero attached hydrogens (tertiary/aromatic N) is 1. The fourth-order valence-electron chi connectivity index (χ4n) is 3.43. The highest BCUT2D eigenvalue weighted by atomic mass is 16.5. The molecule has 0 unspecified atom stereocenters. The number of amides is 1. The first-order valence-corrected chi connectivity index (χ1v) is 10.4. The molecule has 0 saturated carbocycles. The fraction of sp³-hybridized carbons (Fsp3) is 0.269. The third-order valence-corrected chi connectivity index (χ3v) is 5.35. The topological polar surface area (TPSA) is 59.0 Å². The van der Waals surface area contributed by atoms with E-state index in [2.05, 4.69) is 0 Å². The van der Waals surface area contributed by atoms with Crippen molar-refractivity contribution in [1.82, 2.24) is 4.90 Å². The molecule has 0 aliphatic carbocycles. The summed E-state index contributed by atoms with van der Waals surface area (Å²) in [6, 6.07) is 24.3. The van der Waals surface area contributed by atoms with Crippen LogP contribution >= 0.6 is 0 Å². The summed E-state index contributed by atoms with van der Waals surface area (Å²) >= 11 is 0. The molecule has 0 radical (unpaired) electrons. The van der Waals surface area contributed by atoms with Gasteiger partial charge in [-0.2, -0.15) is 0 Å². The minimum atomic E-state index is -0.650. The first-order valence-electron chi connectivity index (χ1n) is 10.4. The molecule has 0 spiro atoms. The lowest BCUT2D eigenvalue weighted by Gasteiger charge is -2.32. The van der Waals surface area contributed by atoms with Gasteiger partial charge in [0, 0.05) is 12.1 Å². The van der Waals surface area contributed by atoms with E-state index < -0.39 is 6.10 Å². The molecule has 0 aliphatic heterocycles. The second kappa shape index (κ2) is 10.6. The van der Waals surface area contributed by atoms with Gasteiger partial charge < -0.3 is 19.5 Å². The quantitative estimate of drug-likeness (QED) is 0.524. The zero-order valence-corrected chi connectivity index (χ0v) is 18.2. The third kappa shape index (κ3) is 5.86. The molecule has 0 aliphatic rings. The molecular formula is C26H29NO4. The molecule has 3 aromatic carbocycles. The number of phenolic OH excluding ortho intramolecular Hbond substituents is 1. The molecule has 5 heteroatoms. The van der Waals surface area contributed by atoms with Gasteiger partial charge in [0.2, 0.25) is 0 Å². The molecule has 5 nitrogen and oxygen atoms in total. The van der Waals surface area contributed by atoms with Crippen LogP contribution in [0.1, 0.15) is 36.6 Å². The lowest BCUT2D eigenvalue weighted by atomic mass is 10.0. The van der Waals surface area contributed by atoms with Crippen molar-refractivity contribution < 1.29 is 19.4 Å². The van der Waals surface area contributed by atoms with Crippen LogP contribution in [0.5, 0.6) is 11.5 Å². The Kier molecular flexibility index (Phi) is 7.68. The van der Waals surface area contributed by atoms with E-state index in [0.717, 1.165) is 16.9 Å². The Balaban J connectivity index is 1.78. The molecule has 0 heterocycles. The summed E-state index contributed by atoms with van der Waals surface area (Å²) in [6.07, 6.45) is -0.650. The van der Waals surface area contributed by atoms with Gasteiger partial charge >= 0.3 is 0 Å². The summed E-state index contributed by atoms with van der Waals surface area (Å²) < 4.78 is 11.2. The lowest BCUT2D eigenvalue weighted by Crippen LogP contribution is -2.40. The number of carbonyl (C=O) groups excluding carboxylic acids is 1. The van der Waals surface area contributed by atoms with Crippen LogP contribution in [0.2, 0.25) is 0 Å². The van der Waals surface area contributed by atoms with Gasteiger partial charge in [-0.25, -0.2) is 0 Å². The van der Waals surface area contributed by atoms with Crippen molar-refractivity contribution in [2.45, 2.75) is 39.1 Å². The highest BCUT2D eigenvalue weighted by molar-refractivity contribution is 5.81. The van der Waals surface area contributed by atoms with Crippen LogP contribution < -0.4 is 4.74 Å². The van der Waals surface area contributed by atoms with Crippen LogP contribution in [0.15, 0.2) is 78.9 Å². The summed E-state index contributed by atoms with van der Waals surface area (Å²) in [5, 5.41) is 10.3. The first kappa shape index (κ1) is 22.4. The fourth-order valence-corrected chi connectivity index (χ4v) is 3.43. The number of rotatable bonds is 9. The van der Waals surface area contributed by atoms with Crippen molar-refractivity contribution in [3.8, 4) is 11.5 Å². The summed E-state index contributed by atoms with van der Waals surface area (Å²) in [7, 11) is 1.62. The lowest BCUT2D eigenvalue weighted by molar-refractivity contribution is -0.146. The molecule has 1 amide bonds. The Bertz CT molecular complexity index is 989. The minimum absolute atomic E-state index is 0.137. The van der Waals surface area contributed by atoms with Crippen molar-refractivity contribution in [2.24, 2.45) is 0 Å². The normalized spacial score (nSPS) is 12.7. The average Bonchev–Trinajstić information content (AvgIpc) is 2.82. The summed E-state index contributed by atoms with van der Waals surface area (Å²) in [5.74, 6) is 0.784. The maximum Gasteiger partial charge on any atom is 0.252 e. The number of hydrogen-bond donors (Lipinski definition) is 1. The molecule has 31 heavy (non-hydrogen) atoms. The van der Waals surface area contributed by atoms with Crippen molar-refractivity contribution >= 4 is 5.91 Å². The molecule has 3 aromatic rings. The van der Waals surface area contributed by atoms with E-state index >= 15 is 0 Å². The van der Waals surface area contributed by atoms with Crippen LogP contribution in [0, 0.1) is 0 Å². The van der Waals surface area contributed by atoms with E-state index in [0.29, 0.717) is 12.2 Å². The number of benzene rings is 3. The van der Waals surface area contributed by atoms with Crippen LogP contribution in [0.4, 0.5) is 0 Å². The van der Waals surface area contributed by atoms with E-state index in [1.54, 1.807) is 31.1 Å². The van der Waals surface area contributed by atoms with Crippen molar-refractivity contribution in [2.75, 3.05) is 7.11 Å². The van der Waals surface area contributed by atoms with E-state index in [1.165, 1.54) is 0 Å². The molecule has 0 saturated heterocycles. The molecule has 2 atom stereocenters. The summed E-state index contributed by atoms with van der Waals surface area (Å²) in [5.41, 5.74) is 2.65. The maximum absolute atomic E-state index is 13.4. The van der Waals surface area contributed by atoms with Gasteiger partial charge in [-0.15, -0.1) is 0 Å². The van der Waals surface area contributed by atoms with Gasteiger partial charge in [0.15, 0.2) is 0 Å². The van der Waals surface area contributed by atoms with E-state index in [-0.39, 0.29) is 24.2 Å². The molecule has 0 aromatic heterocycles. The van der Waals surface area contributed by atoms with Crippen molar-refractivity contribution in [3.05, 3.63) is 95.6 Å². The SMILES string of the molecule is COc1cccc(CO[C@H](C)C(=O)N(Cc2ccccc2O)[C@H](C)c2ccccc2)c1. The minimum Gasteiger partial charge on any atom is -0.508 e. The van der Waals surface area contributed by atoms with Gasteiger partial charge in [-0.05, 0) is 43.2 Å². The Morgan fingerprint density at radius 3 is 2.39 bits per heavy atom. The number of methoxy groups -OCH3 is 1. The number of phenols is 1. The molecule has 1 N–H and O–H groups in total. The van der Waals surface area contributed by atoms with Gasteiger partial charge in [-0.1, -0.05) is 60.7 Å². The highest BCUT2D eigenvalue weighted by Crippen LogP contribution is 2.27. The van der Waals surface area contributed by atoms with Gasteiger partial charge in [0.25, 0.3) is 5.91 Å². The second-order valence-corrected chi connectivity index (χ2v) is 7.49. The van der Waals surface area contributed by atoms with Crippen molar-refractivity contribution in [3.63, 3.8) is 0 Å². The monoisotopic (exact) mass is 419 g/mol. The standard InChI is InChI=1S/C26H29NO4/c1-19(22-11-5-4-6-12-22)27(17-23-13-7-8-15-25(23)28)26(29)20(2)31-18-21-10-9-14-24(16-21)30-3/h4-16,19-20,28H,17-18H2,1-3H3/t19-,20-/m1/s1. The summed E-state index contributed by atoms with van der Waals surface area (Å²) in [4.78, 5) is 15.2. The molecule has 0 fully saturated rings. The zero-order valence-electron chi connectivity index (χ0n) is 18.2. The van der Waals surface area contributed by atoms with E-state index in [1.807, 2.05) is 73.7 Å². The zero-order chi connectivity index (χ0) is 22.2. The van der Waals surface area contributed by atoms with Crippen LogP contribution in [0.3, 0.4) is 0 Å². The Morgan fingerprint density at radius 2 is 1.68 bits per heavy atom. The van der Waals surface area contributed by atoms with Gasteiger partial charge in [0.1, 0.15) is 17.6 Å². The number of hydrogen-bond acceptors (Lipinski definition) is 4. The predicted octanol–water partition coefficient (Wildman–Crippen LogP) is 5.10. The molecule has 3 rings (SSSR count). The Hall–Kier alpha value is -3.31. The van der Waals surface area contributed by atoms with Crippen LogP contribution in [-0.2, 0) is 22.7 Å². The summed E-state index contributed by atoms with van der Waals surface area (Å²) in [6.45, 7) is 4.34. The maximum atomic E-state index is 13.4. The second-order valence-electron chi connectivity index (χ2n) is 7.49. The number of para-hydroxylation sites is 1. The highest BCUT2D eigenvalue weighted by Gasteiger charge is 2.27. The number of ether oxygens (including phenoxy) is 2.